The first-order valence-corrected chi connectivity index (χ1v) is 5.45. The number of rotatable bonds is 3. The van der Waals surface area contributed by atoms with Gasteiger partial charge in [0.15, 0.2) is 0 Å². The summed E-state index contributed by atoms with van der Waals surface area (Å²) in [5, 5.41) is 23.1. The van der Waals surface area contributed by atoms with Gasteiger partial charge in [-0.15, -0.1) is 0 Å². The average molecular weight is 257 g/mol. The Balaban J connectivity index is 2.56. The van der Waals surface area contributed by atoms with Crippen molar-refractivity contribution < 1.29 is 10.1 Å². The first-order valence-electron chi connectivity index (χ1n) is 5.45. The van der Waals surface area contributed by atoms with Gasteiger partial charge in [-0.1, -0.05) is 35.5 Å². The highest BCUT2D eigenvalue weighted by molar-refractivity contribution is 6.15. The van der Waals surface area contributed by atoms with Crippen LogP contribution >= 0.6 is 0 Å². The second kappa shape index (κ2) is 5.18. The molecule has 0 aliphatic rings. The Kier molecular flexibility index (Phi) is 3.42. The lowest BCUT2D eigenvalue weighted by Gasteiger charge is -2.07. The Bertz CT molecular complexity index is 639. The van der Waals surface area contributed by atoms with Crippen molar-refractivity contribution >= 4 is 17.1 Å². The highest BCUT2D eigenvalue weighted by Gasteiger charge is 2.15. The molecule has 2 aromatic rings. The summed E-state index contributed by atoms with van der Waals surface area (Å²) in [6, 6.07) is 12.8. The van der Waals surface area contributed by atoms with Crippen LogP contribution in [0.4, 0.5) is 11.4 Å². The summed E-state index contributed by atoms with van der Waals surface area (Å²) in [5.41, 5.74) is 7.13. The van der Waals surface area contributed by atoms with E-state index in [1.54, 1.807) is 24.3 Å². The van der Waals surface area contributed by atoms with Gasteiger partial charge in [0.2, 0.25) is 0 Å². The molecule has 3 N–H and O–H groups in total. The van der Waals surface area contributed by atoms with E-state index in [1.165, 1.54) is 18.2 Å². The van der Waals surface area contributed by atoms with Crippen LogP contribution < -0.4 is 5.73 Å². The van der Waals surface area contributed by atoms with Crippen molar-refractivity contribution in [2.75, 3.05) is 5.73 Å². The number of benzene rings is 2. The molecule has 0 aliphatic heterocycles. The van der Waals surface area contributed by atoms with E-state index >= 15 is 0 Å². The van der Waals surface area contributed by atoms with Gasteiger partial charge in [0.05, 0.1) is 4.92 Å². The summed E-state index contributed by atoms with van der Waals surface area (Å²) in [4.78, 5) is 10.2. The van der Waals surface area contributed by atoms with Gasteiger partial charge < -0.3 is 10.9 Å². The topological polar surface area (TPSA) is 102 Å². The van der Waals surface area contributed by atoms with Gasteiger partial charge in [0.1, 0.15) is 5.71 Å². The van der Waals surface area contributed by atoms with Gasteiger partial charge >= 0.3 is 0 Å². The molecule has 0 radical (unpaired) electrons. The van der Waals surface area contributed by atoms with Gasteiger partial charge in [-0.3, -0.25) is 10.1 Å². The number of hydrogen-bond acceptors (Lipinski definition) is 5. The molecule has 0 aromatic heterocycles. The number of hydrogen-bond donors (Lipinski definition) is 2. The van der Waals surface area contributed by atoms with Crippen LogP contribution in [-0.4, -0.2) is 15.8 Å². The Hall–Kier alpha value is -2.89. The van der Waals surface area contributed by atoms with E-state index in [0.29, 0.717) is 16.8 Å². The molecule has 2 rings (SSSR count). The smallest absolute Gasteiger partial charge is 0.270 e. The molecule has 0 atom stereocenters. The molecule has 0 fully saturated rings. The highest BCUT2D eigenvalue weighted by Crippen LogP contribution is 2.23. The van der Waals surface area contributed by atoms with Crippen LogP contribution in [0.2, 0.25) is 0 Å². The zero-order chi connectivity index (χ0) is 13.8. The fourth-order valence-corrected chi connectivity index (χ4v) is 1.73. The number of nitro groups is 1. The standard InChI is InChI=1S/C13H11N3O3/c14-12-7-6-10(16(18)19)8-11(12)13(15-17)9-4-2-1-3-5-9/h1-8,17H,14H2/b15-13-. The maximum atomic E-state index is 10.8. The predicted octanol–water partition coefficient (Wildman–Crippen LogP) is 2.40. The molecule has 0 spiro atoms. The molecule has 0 unspecified atom stereocenters. The van der Waals surface area contributed by atoms with Crippen LogP contribution in [0.5, 0.6) is 0 Å². The molecule has 0 saturated heterocycles. The van der Waals surface area contributed by atoms with Crippen LogP contribution in [0.3, 0.4) is 0 Å². The average Bonchev–Trinajstić information content (AvgIpc) is 2.42. The molecule has 2 aromatic carbocycles. The molecule has 0 heterocycles. The molecule has 96 valence electrons. The lowest BCUT2D eigenvalue weighted by atomic mass is 10.0. The van der Waals surface area contributed by atoms with Crippen LogP contribution in [0.1, 0.15) is 11.1 Å². The van der Waals surface area contributed by atoms with Crippen molar-refractivity contribution in [1.82, 2.24) is 0 Å². The van der Waals surface area contributed by atoms with Gasteiger partial charge in [0, 0.05) is 28.9 Å². The first kappa shape index (κ1) is 12.6. The zero-order valence-corrected chi connectivity index (χ0v) is 9.85. The van der Waals surface area contributed by atoms with E-state index in [4.69, 9.17) is 10.9 Å². The molecule has 0 amide bonds. The molecule has 19 heavy (non-hydrogen) atoms. The molecular weight excluding hydrogens is 246 g/mol. The Morgan fingerprint density at radius 3 is 2.47 bits per heavy atom. The molecular formula is C13H11N3O3. The number of nitrogen functional groups attached to an aromatic ring is 1. The fourth-order valence-electron chi connectivity index (χ4n) is 1.73. The summed E-state index contributed by atoms with van der Waals surface area (Å²) in [6.07, 6.45) is 0. The van der Waals surface area contributed by atoms with Crippen LogP contribution in [0, 0.1) is 10.1 Å². The van der Waals surface area contributed by atoms with Gasteiger partial charge in [-0.25, -0.2) is 0 Å². The minimum Gasteiger partial charge on any atom is -0.410 e. The maximum Gasteiger partial charge on any atom is 0.270 e. The summed E-state index contributed by atoms with van der Waals surface area (Å²) in [5.74, 6) is 0. The molecule has 0 aliphatic carbocycles. The summed E-state index contributed by atoms with van der Waals surface area (Å²) in [6.45, 7) is 0. The normalized spacial score (nSPS) is 11.3. The van der Waals surface area contributed by atoms with E-state index in [1.807, 2.05) is 6.07 Å². The van der Waals surface area contributed by atoms with Crippen molar-refractivity contribution in [3.8, 4) is 0 Å². The fraction of sp³-hybridized carbons (Fsp3) is 0. The largest absolute Gasteiger partial charge is 0.410 e. The van der Waals surface area contributed by atoms with E-state index in [2.05, 4.69) is 5.16 Å². The van der Waals surface area contributed by atoms with E-state index in [9.17, 15) is 10.1 Å². The number of nitrogens with zero attached hydrogens (tertiary/aromatic N) is 2. The van der Waals surface area contributed by atoms with Gasteiger partial charge in [0.25, 0.3) is 5.69 Å². The highest BCUT2D eigenvalue weighted by atomic mass is 16.6. The van der Waals surface area contributed by atoms with E-state index in [-0.39, 0.29) is 11.4 Å². The number of anilines is 1. The van der Waals surface area contributed by atoms with Crippen LogP contribution in [-0.2, 0) is 0 Å². The van der Waals surface area contributed by atoms with Gasteiger partial charge in [-0.2, -0.15) is 0 Å². The maximum absolute atomic E-state index is 10.8. The molecule has 0 bridgehead atoms. The second-order valence-corrected chi connectivity index (χ2v) is 3.84. The third-order valence-corrected chi connectivity index (χ3v) is 2.65. The van der Waals surface area contributed by atoms with Crippen LogP contribution in [0.15, 0.2) is 53.7 Å². The second-order valence-electron chi connectivity index (χ2n) is 3.84. The predicted molar refractivity (Wildman–Crippen MR) is 71.4 cm³/mol. The lowest BCUT2D eigenvalue weighted by Crippen LogP contribution is -2.07. The van der Waals surface area contributed by atoms with Crippen molar-refractivity contribution in [3.63, 3.8) is 0 Å². The van der Waals surface area contributed by atoms with Crippen molar-refractivity contribution in [2.24, 2.45) is 5.16 Å². The van der Waals surface area contributed by atoms with E-state index < -0.39 is 4.92 Å². The third kappa shape index (κ3) is 2.52. The minimum absolute atomic E-state index is 0.110. The number of non-ortho nitro benzene ring substituents is 1. The SMILES string of the molecule is Nc1ccc([N+](=O)[O-])cc1/C(=N\O)c1ccccc1. The minimum atomic E-state index is -0.525. The van der Waals surface area contributed by atoms with Crippen LogP contribution in [0.25, 0.3) is 0 Å². The molecule has 0 saturated carbocycles. The Morgan fingerprint density at radius 1 is 1.21 bits per heavy atom. The van der Waals surface area contributed by atoms with Gasteiger partial charge in [-0.05, 0) is 6.07 Å². The van der Waals surface area contributed by atoms with Crippen molar-refractivity contribution in [3.05, 3.63) is 69.8 Å². The number of nitrogens with two attached hydrogens (primary N) is 1. The summed E-state index contributed by atoms with van der Waals surface area (Å²) >= 11 is 0. The lowest BCUT2D eigenvalue weighted by molar-refractivity contribution is -0.384. The Labute approximate surface area is 108 Å². The third-order valence-electron chi connectivity index (χ3n) is 2.65. The summed E-state index contributed by atoms with van der Waals surface area (Å²) < 4.78 is 0. The Morgan fingerprint density at radius 2 is 1.89 bits per heavy atom. The summed E-state index contributed by atoms with van der Waals surface area (Å²) in [7, 11) is 0. The number of oxime groups is 1. The molecule has 6 nitrogen and oxygen atoms in total. The first-order chi connectivity index (χ1) is 9.13. The van der Waals surface area contributed by atoms with Crippen molar-refractivity contribution in [1.29, 1.82) is 0 Å². The number of nitro benzene ring substituents is 1. The molecule has 6 heteroatoms. The monoisotopic (exact) mass is 257 g/mol. The zero-order valence-electron chi connectivity index (χ0n) is 9.85. The van der Waals surface area contributed by atoms with Crippen molar-refractivity contribution in [2.45, 2.75) is 0 Å². The quantitative estimate of drug-likeness (QED) is 0.290. The van der Waals surface area contributed by atoms with E-state index in [0.717, 1.165) is 0 Å².